The highest BCUT2D eigenvalue weighted by Crippen LogP contribution is 2.32. The zero-order valence-corrected chi connectivity index (χ0v) is 11.9. The number of benzene rings is 1. The average Bonchev–Trinajstić information content (AvgIpc) is 3.00. The molecule has 0 aliphatic carbocycles. The number of nitrogen functional groups attached to an aromatic ring is 1. The van der Waals surface area contributed by atoms with E-state index >= 15 is 0 Å². The molecule has 22 heavy (non-hydrogen) atoms. The third-order valence-corrected chi connectivity index (χ3v) is 3.80. The summed E-state index contributed by atoms with van der Waals surface area (Å²) in [5.41, 5.74) is 13.0. The SMILES string of the molecule is Nc1cccc(-c2ccnc3c2C(c2ccncc2)=NC3)c1. The van der Waals surface area contributed by atoms with Gasteiger partial charge >= 0.3 is 0 Å². The smallest absolute Gasteiger partial charge is 0.0826 e. The lowest BCUT2D eigenvalue weighted by Crippen LogP contribution is -2.04. The van der Waals surface area contributed by atoms with Crippen LogP contribution in [0.25, 0.3) is 11.1 Å². The van der Waals surface area contributed by atoms with Crippen molar-refractivity contribution in [1.82, 2.24) is 9.97 Å². The number of nitrogens with zero attached hydrogens (tertiary/aromatic N) is 3. The van der Waals surface area contributed by atoms with Crippen LogP contribution < -0.4 is 5.73 Å². The van der Waals surface area contributed by atoms with E-state index in [2.05, 4.69) is 21.0 Å². The van der Waals surface area contributed by atoms with Gasteiger partial charge in [0.2, 0.25) is 0 Å². The maximum Gasteiger partial charge on any atom is 0.0826 e. The minimum Gasteiger partial charge on any atom is -0.399 e. The predicted octanol–water partition coefficient (Wildman–Crippen LogP) is 3.08. The zero-order valence-electron chi connectivity index (χ0n) is 11.9. The Kier molecular flexibility index (Phi) is 2.93. The Bertz CT molecular complexity index is 869. The lowest BCUT2D eigenvalue weighted by molar-refractivity contribution is 1.02. The largest absolute Gasteiger partial charge is 0.399 e. The van der Waals surface area contributed by atoms with Crippen molar-refractivity contribution in [2.24, 2.45) is 4.99 Å². The van der Waals surface area contributed by atoms with Crippen molar-refractivity contribution in [2.75, 3.05) is 5.73 Å². The van der Waals surface area contributed by atoms with E-state index in [4.69, 9.17) is 5.73 Å². The van der Waals surface area contributed by atoms with Crippen LogP contribution in [-0.4, -0.2) is 15.7 Å². The highest BCUT2D eigenvalue weighted by molar-refractivity contribution is 6.18. The Morgan fingerprint density at radius 1 is 0.909 bits per heavy atom. The van der Waals surface area contributed by atoms with Crippen LogP contribution in [0, 0.1) is 0 Å². The van der Waals surface area contributed by atoms with Crippen LogP contribution in [-0.2, 0) is 6.54 Å². The van der Waals surface area contributed by atoms with E-state index in [-0.39, 0.29) is 0 Å². The number of aliphatic imine (C=N–C) groups is 1. The third-order valence-electron chi connectivity index (χ3n) is 3.80. The number of anilines is 1. The quantitative estimate of drug-likeness (QED) is 0.736. The number of pyridine rings is 2. The molecule has 4 heteroatoms. The summed E-state index contributed by atoms with van der Waals surface area (Å²) in [6, 6.07) is 13.9. The lowest BCUT2D eigenvalue weighted by Gasteiger charge is -2.11. The van der Waals surface area contributed by atoms with Crippen molar-refractivity contribution >= 4 is 11.4 Å². The van der Waals surface area contributed by atoms with Gasteiger partial charge in [0.15, 0.2) is 0 Å². The van der Waals surface area contributed by atoms with Crippen LogP contribution in [0.5, 0.6) is 0 Å². The number of hydrogen-bond donors (Lipinski definition) is 1. The van der Waals surface area contributed by atoms with E-state index in [1.807, 2.05) is 42.6 Å². The molecule has 3 aromatic rings. The molecule has 0 atom stereocenters. The van der Waals surface area contributed by atoms with Crippen molar-refractivity contribution in [2.45, 2.75) is 6.54 Å². The minimum absolute atomic E-state index is 0.614. The van der Waals surface area contributed by atoms with E-state index in [9.17, 15) is 0 Å². The Morgan fingerprint density at radius 2 is 1.77 bits per heavy atom. The molecule has 4 rings (SSSR count). The summed E-state index contributed by atoms with van der Waals surface area (Å²) in [5.74, 6) is 0. The second kappa shape index (κ2) is 5.07. The molecule has 0 unspecified atom stereocenters. The third kappa shape index (κ3) is 2.05. The lowest BCUT2D eigenvalue weighted by atomic mass is 9.94. The second-order valence-corrected chi connectivity index (χ2v) is 5.21. The van der Waals surface area contributed by atoms with E-state index in [1.54, 1.807) is 12.4 Å². The van der Waals surface area contributed by atoms with Gasteiger partial charge in [-0.2, -0.15) is 0 Å². The topological polar surface area (TPSA) is 64.2 Å². The van der Waals surface area contributed by atoms with Gasteiger partial charge in [-0.3, -0.25) is 15.0 Å². The van der Waals surface area contributed by atoms with Gasteiger partial charge in [0.1, 0.15) is 0 Å². The standard InChI is InChI=1S/C18H14N4/c19-14-3-1-2-13(10-14)15-6-9-21-16-11-22-18(17(15)16)12-4-7-20-8-5-12/h1-10H,11,19H2. The van der Waals surface area contributed by atoms with Gasteiger partial charge in [-0.15, -0.1) is 0 Å². The molecule has 3 heterocycles. The zero-order chi connectivity index (χ0) is 14.9. The Balaban J connectivity index is 1.91. The summed E-state index contributed by atoms with van der Waals surface area (Å²) in [5, 5.41) is 0. The van der Waals surface area contributed by atoms with Crippen molar-refractivity contribution in [1.29, 1.82) is 0 Å². The van der Waals surface area contributed by atoms with Gasteiger partial charge in [-0.1, -0.05) is 12.1 Å². The number of hydrogen-bond acceptors (Lipinski definition) is 4. The molecule has 0 bridgehead atoms. The Labute approximate surface area is 128 Å². The number of nitrogens with two attached hydrogens (primary N) is 1. The first-order valence-corrected chi connectivity index (χ1v) is 7.12. The molecule has 0 saturated carbocycles. The Morgan fingerprint density at radius 3 is 2.59 bits per heavy atom. The minimum atomic E-state index is 0.614. The highest BCUT2D eigenvalue weighted by atomic mass is 14.8. The van der Waals surface area contributed by atoms with Crippen LogP contribution in [0.3, 0.4) is 0 Å². The van der Waals surface area contributed by atoms with Crippen molar-refractivity contribution < 1.29 is 0 Å². The molecule has 0 spiro atoms. The fraction of sp³-hybridized carbons (Fsp3) is 0.0556. The molecule has 0 fully saturated rings. The average molecular weight is 286 g/mol. The van der Waals surface area contributed by atoms with Gasteiger partial charge in [-0.25, -0.2) is 0 Å². The van der Waals surface area contributed by atoms with Gasteiger partial charge in [0.25, 0.3) is 0 Å². The van der Waals surface area contributed by atoms with Crippen molar-refractivity contribution in [3.8, 4) is 11.1 Å². The maximum atomic E-state index is 5.93. The normalized spacial score (nSPS) is 12.8. The molecule has 2 aromatic heterocycles. The van der Waals surface area contributed by atoms with Crippen LogP contribution >= 0.6 is 0 Å². The molecular formula is C18H14N4. The summed E-state index contributed by atoms with van der Waals surface area (Å²) in [6.45, 7) is 0.614. The fourth-order valence-corrected chi connectivity index (χ4v) is 2.81. The van der Waals surface area contributed by atoms with Crippen LogP contribution in [0.2, 0.25) is 0 Å². The Hall–Kier alpha value is -3.01. The molecule has 0 amide bonds. The van der Waals surface area contributed by atoms with E-state index in [0.717, 1.165) is 39.3 Å². The van der Waals surface area contributed by atoms with Gasteiger partial charge < -0.3 is 5.73 Å². The van der Waals surface area contributed by atoms with Crippen LogP contribution in [0.1, 0.15) is 16.8 Å². The van der Waals surface area contributed by atoms with Crippen LogP contribution in [0.4, 0.5) is 5.69 Å². The summed E-state index contributed by atoms with van der Waals surface area (Å²) < 4.78 is 0. The fourth-order valence-electron chi connectivity index (χ4n) is 2.81. The van der Waals surface area contributed by atoms with Gasteiger partial charge in [0.05, 0.1) is 18.0 Å². The van der Waals surface area contributed by atoms with Gasteiger partial charge in [0, 0.05) is 35.4 Å². The first-order valence-electron chi connectivity index (χ1n) is 7.12. The number of fused-ring (bicyclic) bond motifs is 1. The predicted molar refractivity (Wildman–Crippen MR) is 87.7 cm³/mol. The summed E-state index contributed by atoms with van der Waals surface area (Å²) >= 11 is 0. The monoisotopic (exact) mass is 286 g/mol. The van der Waals surface area contributed by atoms with Gasteiger partial charge in [-0.05, 0) is 41.5 Å². The van der Waals surface area contributed by atoms with E-state index in [1.165, 1.54) is 0 Å². The molecule has 2 N–H and O–H groups in total. The molecular weight excluding hydrogens is 272 g/mol. The maximum absolute atomic E-state index is 5.93. The van der Waals surface area contributed by atoms with E-state index in [0.29, 0.717) is 6.54 Å². The highest BCUT2D eigenvalue weighted by Gasteiger charge is 2.22. The molecule has 0 saturated heterocycles. The summed E-state index contributed by atoms with van der Waals surface area (Å²) in [7, 11) is 0. The summed E-state index contributed by atoms with van der Waals surface area (Å²) in [4.78, 5) is 13.2. The first kappa shape index (κ1) is 12.7. The molecule has 1 aliphatic heterocycles. The molecule has 1 aromatic carbocycles. The first-order chi connectivity index (χ1) is 10.8. The summed E-state index contributed by atoms with van der Waals surface area (Å²) in [6.07, 6.45) is 5.40. The van der Waals surface area contributed by atoms with Crippen LogP contribution in [0.15, 0.2) is 66.0 Å². The molecule has 0 radical (unpaired) electrons. The number of rotatable bonds is 2. The molecule has 106 valence electrons. The second-order valence-electron chi connectivity index (χ2n) is 5.21. The molecule has 4 nitrogen and oxygen atoms in total. The van der Waals surface area contributed by atoms with Crippen molar-refractivity contribution in [3.63, 3.8) is 0 Å². The number of aromatic nitrogens is 2. The van der Waals surface area contributed by atoms with E-state index < -0.39 is 0 Å². The molecule has 1 aliphatic rings. The van der Waals surface area contributed by atoms with Crippen molar-refractivity contribution in [3.05, 3.63) is 77.9 Å².